The van der Waals surface area contributed by atoms with E-state index in [-0.39, 0.29) is 28.4 Å². The van der Waals surface area contributed by atoms with Crippen molar-refractivity contribution in [1.82, 2.24) is 19.9 Å². The summed E-state index contributed by atoms with van der Waals surface area (Å²) < 4.78 is 44.3. The molecule has 1 aliphatic heterocycles. The first kappa shape index (κ1) is 22.7. The van der Waals surface area contributed by atoms with E-state index < -0.39 is 23.3 Å². The van der Waals surface area contributed by atoms with Crippen LogP contribution in [0.25, 0.3) is 11.3 Å². The van der Waals surface area contributed by atoms with Crippen LogP contribution in [-0.2, 0) is 12.2 Å². The van der Waals surface area contributed by atoms with Crippen molar-refractivity contribution in [3.8, 4) is 11.3 Å². The Bertz CT molecular complexity index is 1230. The molecule has 0 bridgehead atoms. The minimum absolute atomic E-state index is 0.0751. The van der Waals surface area contributed by atoms with Crippen LogP contribution in [0.2, 0.25) is 0 Å². The first-order chi connectivity index (χ1) is 15.6. The summed E-state index contributed by atoms with van der Waals surface area (Å²) in [5.74, 6) is -0.962. The van der Waals surface area contributed by atoms with Gasteiger partial charge in [0, 0.05) is 35.0 Å². The first-order valence-electron chi connectivity index (χ1n) is 10.6. The Morgan fingerprint density at radius 1 is 1.12 bits per heavy atom. The monoisotopic (exact) mass is 455 g/mol. The van der Waals surface area contributed by atoms with E-state index in [0.717, 1.165) is 24.0 Å². The van der Waals surface area contributed by atoms with E-state index in [1.54, 1.807) is 17.9 Å². The topological polar surface area (TPSA) is 71.0 Å². The number of aromatic nitrogens is 3. The molecule has 1 N–H and O–H groups in total. The van der Waals surface area contributed by atoms with Crippen LogP contribution in [-0.4, -0.2) is 32.3 Å². The molecule has 6 nitrogen and oxygen atoms in total. The summed E-state index contributed by atoms with van der Waals surface area (Å²) in [5, 5.41) is 3.11. The molecule has 3 aromatic rings. The predicted molar refractivity (Wildman–Crippen MR) is 118 cm³/mol. The van der Waals surface area contributed by atoms with Crippen molar-refractivity contribution < 1.29 is 18.0 Å². The molecule has 172 valence electrons. The highest BCUT2D eigenvalue weighted by Gasteiger charge is 2.30. The van der Waals surface area contributed by atoms with Crippen molar-refractivity contribution in [2.45, 2.75) is 46.0 Å². The standard InChI is InChI=1S/C24H24F3N5O/c1-5-32-11-17-14(23(32)33)6-7-28-22(17)31-13(2)15-8-19(26)16(9-18(15)25)20-10-21(24(3,4)27)30-12-29-20/h6-10,12-13H,5,11H2,1-4H3,(H,28,31)/t13-/m0/s1. The molecular formula is C24H24F3N5O. The lowest BCUT2D eigenvalue weighted by Gasteiger charge is -2.19. The van der Waals surface area contributed by atoms with E-state index in [0.29, 0.717) is 24.5 Å². The smallest absolute Gasteiger partial charge is 0.254 e. The number of carbonyl (C=O) groups is 1. The Morgan fingerprint density at radius 3 is 2.58 bits per heavy atom. The van der Waals surface area contributed by atoms with Crippen LogP contribution in [0.5, 0.6) is 0 Å². The van der Waals surface area contributed by atoms with Crippen LogP contribution in [0.4, 0.5) is 19.0 Å². The molecule has 9 heteroatoms. The molecule has 1 aliphatic rings. The molecule has 4 rings (SSSR count). The number of pyridine rings is 1. The van der Waals surface area contributed by atoms with Crippen LogP contribution in [0.1, 0.15) is 60.9 Å². The molecule has 1 atom stereocenters. The van der Waals surface area contributed by atoms with E-state index in [2.05, 4.69) is 20.3 Å². The lowest BCUT2D eigenvalue weighted by molar-refractivity contribution is 0.0787. The van der Waals surface area contributed by atoms with E-state index >= 15 is 4.39 Å². The average Bonchev–Trinajstić information content (AvgIpc) is 3.11. The van der Waals surface area contributed by atoms with Gasteiger partial charge >= 0.3 is 0 Å². The van der Waals surface area contributed by atoms with Crippen molar-refractivity contribution >= 4 is 11.7 Å². The van der Waals surface area contributed by atoms with Crippen molar-refractivity contribution in [3.63, 3.8) is 0 Å². The second kappa shape index (κ2) is 8.46. The Kier molecular flexibility index (Phi) is 5.82. The second-order valence-electron chi connectivity index (χ2n) is 8.49. The molecule has 0 unspecified atom stereocenters. The highest BCUT2D eigenvalue weighted by molar-refractivity contribution is 5.99. The summed E-state index contributed by atoms with van der Waals surface area (Å²) >= 11 is 0. The quantitative estimate of drug-likeness (QED) is 0.555. The van der Waals surface area contributed by atoms with Gasteiger partial charge in [-0.05, 0) is 52.0 Å². The number of benzene rings is 1. The number of alkyl halides is 1. The highest BCUT2D eigenvalue weighted by atomic mass is 19.1. The van der Waals surface area contributed by atoms with Crippen molar-refractivity contribution in [3.05, 3.63) is 70.8 Å². The van der Waals surface area contributed by atoms with E-state index in [1.165, 1.54) is 26.1 Å². The van der Waals surface area contributed by atoms with Gasteiger partial charge in [0.25, 0.3) is 5.91 Å². The largest absolute Gasteiger partial charge is 0.363 e. The van der Waals surface area contributed by atoms with Crippen LogP contribution >= 0.6 is 0 Å². The maximum absolute atomic E-state index is 15.0. The van der Waals surface area contributed by atoms with Gasteiger partial charge in [-0.15, -0.1) is 0 Å². The normalized spacial score (nSPS) is 14.4. The Hall–Kier alpha value is -3.49. The first-order valence-corrected chi connectivity index (χ1v) is 10.6. The lowest BCUT2D eigenvalue weighted by atomic mass is 10.0. The number of fused-ring (bicyclic) bond motifs is 1. The van der Waals surface area contributed by atoms with Gasteiger partial charge in [0.15, 0.2) is 0 Å². The third-order valence-corrected chi connectivity index (χ3v) is 5.76. The summed E-state index contributed by atoms with van der Waals surface area (Å²) in [6.07, 6.45) is 2.65. The van der Waals surface area contributed by atoms with Gasteiger partial charge in [0.05, 0.1) is 24.0 Å². The fraction of sp³-hybridized carbons (Fsp3) is 0.333. The average molecular weight is 455 g/mol. The number of rotatable bonds is 6. The third-order valence-electron chi connectivity index (χ3n) is 5.76. The minimum atomic E-state index is -1.75. The molecule has 3 heterocycles. The molecule has 0 spiro atoms. The van der Waals surface area contributed by atoms with Crippen LogP contribution in [0.15, 0.2) is 36.8 Å². The van der Waals surface area contributed by atoms with Crippen LogP contribution < -0.4 is 5.32 Å². The molecule has 0 fully saturated rings. The number of nitrogens with one attached hydrogen (secondary N) is 1. The number of nitrogens with zero attached hydrogens (tertiary/aromatic N) is 4. The highest BCUT2D eigenvalue weighted by Crippen LogP contribution is 2.33. The second-order valence-corrected chi connectivity index (χ2v) is 8.49. The summed E-state index contributed by atoms with van der Waals surface area (Å²) in [5.41, 5.74) is -0.286. The third kappa shape index (κ3) is 4.27. The lowest BCUT2D eigenvalue weighted by Crippen LogP contribution is -2.22. The zero-order valence-corrected chi connectivity index (χ0v) is 18.8. The van der Waals surface area contributed by atoms with Crippen LogP contribution in [0, 0.1) is 11.6 Å². The Balaban J connectivity index is 1.64. The molecule has 0 aliphatic carbocycles. The summed E-state index contributed by atoms with van der Waals surface area (Å²) in [7, 11) is 0. The summed E-state index contributed by atoms with van der Waals surface area (Å²) in [6, 6.07) is 4.48. The van der Waals surface area contributed by atoms with Crippen molar-refractivity contribution in [2.75, 3.05) is 11.9 Å². The zero-order valence-electron chi connectivity index (χ0n) is 18.8. The number of carbonyl (C=O) groups excluding carboxylic acids is 1. The van der Waals surface area contributed by atoms with Crippen LogP contribution in [0.3, 0.4) is 0 Å². The van der Waals surface area contributed by atoms with Gasteiger partial charge in [0.1, 0.15) is 29.4 Å². The zero-order chi connectivity index (χ0) is 23.9. The van der Waals surface area contributed by atoms with Gasteiger partial charge in [-0.3, -0.25) is 4.79 Å². The number of halogens is 3. The molecule has 2 aromatic heterocycles. The minimum Gasteiger partial charge on any atom is -0.363 e. The number of hydrogen-bond acceptors (Lipinski definition) is 5. The van der Waals surface area contributed by atoms with Crippen molar-refractivity contribution in [2.24, 2.45) is 0 Å². The van der Waals surface area contributed by atoms with Crippen molar-refractivity contribution in [1.29, 1.82) is 0 Å². The Morgan fingerprint density at radius 2 is 1.88 bits per heavy atom. The van der Waals surface area contributed by atoms with Gasteiger partial charge in [-0.1, -0.05) is 0 Å². The summed E-state index contributed by atoms with van der Waals surface area (Å²) in [4.78, 5) is 26.3. The predicted octanol–water partition coefficient (Wildman–Crippen LogP) is 5.17. The number of amides is 1. The van der Waals surface area contributed by atoms with Gasteiger partial charge in [0.2, 0.25) is 0 Å². The fourth-order valence-corrected chi connectivity index (χ4v) is 3.87. The fourth-order valence-electron chi connectivity index (χ4n) is 3.87. The molecule has 0 radical (unpaired) electrons. The Labute approximate surface area is 189 Å². The molecule has 1 amide bonds. The van der Waals surface area contributed by atoms with Gasteiger partial charge < -0.3 is 10.2 Å². The summed E-state index contributed by atoms with van der Waals surface area (Å²) in [6.45, 7) is 7.20. The molecule has 0 saturated carbocycles. The number of hydrogen-bond donors (Lipinski definition) is 1. The van der Waals surface area contributed by atoms with E-state index in [1.807, 2.05) is 6.92 Å². The molecule has 33 heavy (non-hydrogen) atoms. The molecular weight excluding hydrogens is 431 g/mol. The van der Waals surface area contributed by atoms with E-state index in [9.17, 15) is 13.6 Å². The maximum Gasteiger partial charge on any atom is 0.254 e. The molecule has 1 aromatic carbocycles. The van der Waals surface area contributed by atoms with E-state index in [4.69, 9.17) is 0 Å². The van der Waals surface area contributed by atoms with Gasteiger partial charge in [-0.25, -0.2) is 28.1 Å². The SMILES string of the molecule is CCN1Cc2c(ccnc2N[C@@H](C)c2cc(F)c(-c3cc(C(C)(C)F)ncn3)cc2F)C1=O. The maximum atomic E-state index is 15.0. The molecule has 0 saturated heterocycles. The van der Waals surface area contributed by atoms with Gasteiger partial charge in [-0.2, -0.15) is 0 Å². The number of anilines is 1.